The van der Waals surface area contributed by atoms with Crippen LogP contribution < -0.4 is 5.32 Å². The van der Waals surface area contributed by atoms with Gasteiger partial charge in [-0.2, -0.15) is 0 Å². The minimum absolute atomic E-state index is 0.117. The first-order valence-electron chi connectivity index (χ1n) is 13.1. The number of anilines is 2. The highest BCUT2D eigenvalue weighted by Crippen LogP contribution is 2.42. The van der Waals surface area contributed by atoms with Crippen LogP contribution in [0.2, 0.25) is 0 Å². The standard InChI is InChI=1S/C36H27N/c1-36(2,3)27-19-25-10-9-24-14-18-31(29-16-12-26(20-27)33(25)35(24)29)37-30-17-13-23-8-7-21-5-4-6-22-11-15-28(30)34(23)32(21)22/h4-20,37H,1-3H3. The first-order chi connectivity index (χ1) is 18.0. The van der Waals surface area contributed by atoms with Gasteiger partial charge < -0.3 is 5.32 Å². The summed E-state index contributed by atoms with van der Waals surface area (Å²) in [5, 5.41) is 19.6. The Kier molecular flexibility index (Phi) is 4.00. The van der Waals surface area contributed by atoms with Gasteiger partial charge in [0.1, 0.15) is 0 Å². The largest absolute Gasteiger partial charge is 0.355 e. The van der Waals surface area contributed by atoms with Crippen molar-refractivity contribution >= 4 is 76.0 Å². The Balaban J connectivity index is 1.36. The quantitative estimate of drug-likeness (QED) is 0.246. The van der Waals surface area contributed by atoms with Gasteiger partial charge in [0.25, 0.3) is 0 Å². The Morgan fingerprint density at radius 3 is 1.38 bits per heavy atom. The van der Waals surface area contributed by atoms with Crippen LogP contribution in [-0.4, -0.2) is 0 Å². The van der Waals surface area contributed by atoms with Gasteiger partial charge in [0, 0.05) is 22.1 Å². The van der Waals surface area contributed by atoms with Crippen LogP contribution in [0.15, 0.2) is 103 Å². The first-order valence-corrected chi connectivity index (χ1v) is 13.1. The highest BCUT2D eigenvalue weighted by Gasteiger charge is 2.18. The molecule has 0 heterocycles. The Hall–Kier alpha value is -4.36. The average Bonchev–Trinajstić information content (AvgIpc) is 2.91. The van der Waals surface area contributed by atoms with Crippen LogP contribution in [0.1, 0.15) is 26.3 Å². The van der Waals surface area contributed by atoms with Crippen molar-refractivity contribution in [2.45, 2.75) is 26.2 Å². The zero-order valence-corrected chi connectivity index (χ0v) is 21.3. The molecule has 8 aromatic carbocycles. The molecule has 0 unspecified atom stereocenters. The van der Waals surface area contributed by atoms with Crippen molar-refractivity contribution in [2.75, 3.05) is 5.32 Å². The van der Waals surface area contributed by atoms with Crippen molar-refractivity contribution in [3.8, 4) is 0 Å². The van der Waals surface area contributed by atoms with E-state index >= 15 is 0 Å². The molecule has 0 fully saturated rings. The monoisotopic (exact) mass is 473 g/mol. The van der Waals surface area contributed by atoms with Gasteiger partial charge in [-0.3, -0.25) is 0 Å². The Morgan fingerprint density at radius 1 is 0.432 bits per heavy atom. The lowest BCUT2D eigenvalue weighted by Crippen LogP contribution is -2.10. The van der Waals surface area contributed by atoms with Crippen molar-refractivity contribution < 1.29 is 0 Å². The molecule has 0 aliphatic rings. The van der Waals surface area contributed by atoms with E-state index < -0.39 is 0 Å². The summed E-state index contributed by atoms with van der Waals surface area (Å²) in [7, 11) is 0. The molecule has 0 radical (unpaired) electrons. The smallest absolute Gasteiger partial charge is 0.0464 e. The Bertz CT molecular complexity index is 2110. The van der Waals surface area contributed by atoms with Crippen molar-refractivity contribution in [3.05, 3.63) is 109 Å². The molecule has 0 saturated heterocycles. The van der Waals surface area contributed by atoms with E-state index in [9.17, 15) is 0 Å². The SMILES string of the molecule is CC(C)(C)c1cc2ccc3ccc(Nc4ccc5ccc6cccc7ccc4c5c67)c4ccc(c1)c2c34. The van der Waals surface area contributed by atoms with Crippen LogP contribution in [0.4, 0.5) is 11.4 Å². The van der Waals surface area contributed by atoms with E-state index in [1.54, 1.807) is 0 Å². The fourth-order valence-corrected chi connectivity index (χ4v) is 6.35. The molecule has 0 atom stereocenters. The van der Waals surface area contributed by atoms with Gasteiger partial charge in [0.15, 0.2) is 0 Å². The number of hydrogen-bond donors (Lipinski definition) is 1. The van der Waals surface area contributed by atoms with E-state index in [2.05, 4.69) is 129 Å². The molecular weight excluding hydrogens is 446 g/mol. The van der Waals surface area contributed by atoms with E-state index in [1.807, 2.05) is 0 Å². The van der Waals surface area contributed by atoms with Crippen LogP contribution in [0.25, 0.3) is 64.6 Å². The molecule has 37 heavy (non-hydrogen) atoms. The van der Waals surface area contributed by atoms with E-state index in [0.717, 1.165) is 11.4 Å². The van der Waals surface area contributed by atoms with Gasteiger partial charge >= 0.3 is 0 Å². The Labute approximate surface area is 216 Å². The summed E-state index contributed by atoms with van der Waals surface area (Å²) in [6.45, 7) is 6.87. The van der Waals surface area contributed by atoms with Crippen molar-refractivity contribution in [1.29, 1.82) is 0 Å². The van der Waals surface area contributed by atoms with E-state index in [1.165, 1.54) is 70.2 Å². The van der Waals surface area contributed by atoms with Crippen molar-refractivity contribution in [3.63, 3.8) is 0 Å². The molecule has 0 aromatic heterocycles. The van der Waals surface area contributed by atoms with Crippen molar-refractivity contribution in [1.82, 2.24) is 0 Å². The summed E-state index contributed by atoms with van der Waals surface area (Å²) in [4.78, 5) is 0. The third kappa shape index (κ3) is 2.92. The lowest BCUT2D eigenvalue weighted by Gasteiger charge is -2.22. The van der Waals surface area contributed by atoms with Crippen LogP contribution in [-0.2, 0) is 5.41 Å². The summed E-state index contributed by atoms with van der Waals surface area (Å²) < 4.78 is 0. The van der Waals surface area contributed by atoms with Crippen molar-refractivity contribution in [2.24, 2.45) is 0 Å². The first kappa shape index (κ1) is 20.8. The third-order valence-electron chi connectivity index (χ3n) is 8.26. The van der Waals surface area contributed by atoms with E-state index in [4.69, 9.17) is 0 Å². The van der Waals surface area contributed by atoms with Gasteiger partial charge in [-0.25, -0.2) is 0 Å². The predicted octanol–water partition coefficient (Wildman–Crippen LogP) is 10.5. The maximum atomic E-state index is 3.85. The topological polar surface area (TPSA) is 12.0 Å². The molecule has 176 valence electrons. The Morgan fingerprint density at radius 2 is 0.838 bits per heavy atom. The fourth-order valence-electron chi connectivity index (χ4n) is 6.35. The van der Waals surface area contributed by atoms with Gasteiger partial charge in [0.2, 0.25) is 0 Å². The molecule has 0 bridgehead atoms. The highest BCUT2D eigenvalue weighted by atomic mass is 14.9. The predicted molar refractivity (Wildman–Crippen MR) is 162 cm³/mol. The summed E-state index contributed by atoms with van der Waals surface area (Å²) in [5.74, 6) is 0. The zero-order valence-electron chi connectivity index (χ0n) is 21.3. The molecule has 8 aromatic rings. The van der Waals surface area contributed by atoms with Gasteiger partial charge in [-0.15, -0.1) is 0 Å². The second-order valence-corrected chi connectivity index (χ2v) is 11.5. The molecule has 1 nitrogen and oxygen atoms in total. The molecule has 0 aliphatic carbocycles. The second kappa shape index (κ2) is 7.11. The van der Waals surface area contributed by atoms with Gasteiger partial charge in [-0.05, 0) is 77.0 Å². The van der Waals surface area contributed by atoms with E-state index in [0.29, 0.717) is 0 Å². The number of hydrogen-bond acceptors (Lipinski definition) is 1. The molecule has 0 amide bonds. The molecule has 1 heteroatoms. The van der Waals surface area contributed by atoms with Crippen LogP contribution in [0, 0.1) is 0 Å². The summed E-state index contributed by atoms with van der Waals surface area (Å²) in [5.41, 5.74) is 3.80. The van der Waals surface area contributed by atoms with Gasteiger partial charge in [0.05, 0.1) is 0 Å². The third-order valence-corrected chi connectivity index (χ3v) is 8.26. The van der Waals surface area contributed by atoms with Gasteiger partial charge in [-0.1, -0.05) is 112 Å². The normalized spacial score (nSPS) is 12.7. The lowest BCUT2D eigenvalue weighted by atomic mass is 9.83. The fraction of sp³-hybridized carbons (Fsp3) is 0.111. The van der Waals surface area contributed by atoms with Crippen LogP contribution >= 0.6 is 0 Å². The van der Waals surface area contributed by atoms with Crippen LogP contribution in [0.5, 0.6) is 0 Å². The molecule has 1 N–H and O–H groups in total. The second-order valence-electron chi connectivity index (χ2n) is 11.5. The summed E-state index contributed by atoms with van der Waals surface area (Å²) >= 11 is 0. The molecule has 8 rings (SSSR count). The van der Waals surface area contributed by atoms with E-state index in [-0.39, 0.29) is 5.41 Å². The maximum absolute atomic E-state index is 3.85. The average molecular weight is 474 g/mol. The molecule has 0 spiro atoms. The highest BCUT2D eigenvalue weighted by molar-refractivity contribution is 6.27. The minimum Gasteiger partial charge on any atom is -0.355 e. The number of nitrogens with one attached hydrogen (secondary N) is 1. The van der Waals surface area contributed by atoms with Crippen LogP contribution in [0.3, 0.4) is 0 Å². The zero-order chi connectivity index (χ0) is 24.9. The summed E-state index contributed by atoms with van der Waals surface area (Å²) in [6.07, 6.45) is 0. The molecule has 0 saturated carbocycles. The number of rotatable bonds is 2. The number of benzene rings is 8. The minimum atomic E-state index is 0.117. The molecular formula is C36H27N. The maximum Gasteiger partial charge on any atom is 0.0464 e. The lowest BCUT2D eigenvalue weighted by molar-refractivity contribution is 0.591. The molecule has 0 aliphatic heterocycles. The summed E-state index contributed by atoms with van der Waals surface area (Å²) in [6, 6.07) is 38.5.